The van der Waals surface area contributed by atoms with Gasteiger partial charge in [0.2, 0.25) is 29.5 Å². The van der Waals surface area contributed by atoms with E-state index in [4.69, 9.17) is 27.4 Å². The van der Waals surface area contributed by atoms with Gasteiger partial charge in [0.1, 0.15) is 18.1 Å². The molecular formula is C18H30N6O9. The third kappa shape index (κ3) is 10.9. The largest absolute Gasteiger partial charge is 0.481 e. The number of hydrogen-bond acceptors (Lipinski definition) is 8. The van der Waals surface area contributed by atoms with E-state index in [1.165, 1.54) is 0 Å². The van der Waals surface area contributed by atoms with Crippen LogP contribution in [0.3, 0.4) is 0 Å². The molecule has 15 heteroatoms. The SMILES string of the molecule is CCC(C)C(N)C(=O)NC(CC(N)=O)C(=O)NC(CC(=O)O)C(=O)NC(CC(N)=O)C(=O)O. The van der Waals surface area contributed by atoms with Crippen molar-refractivity contribution in [2.45, 2.75) is 63.7 Å². The maximum Gasteiger partial charge on any atom is 0.326 e. The van der Waals surface area contributed by atoms with Crippen molar-refractivity contribution in [1.29, 1.82) is 0 Å². The summed E-state index contributed by atoms with van der Waals surface area (Å²) in [5.74, 6) is -8.64. The number of amides is 5. The third-order valence-corrected chi connectivity index (χ3v) is 4.63. The molecule has 186 valence electrons. The minimum atomic E-state index is -1.82. The van der Waals surface area contributed by atoms with Crippen LogP contribution in [0, 0.1) is 5.92 Å². The Bertz CT molecular complexity index is 787. The van der Waals surface area contributed by atoms with Crippen LogP contribution in [0.4, 0.5) is 0 Å². The summed E-state index contributed by atoms with van der Waals surface area (Å²) < 4.78 is 0. The Morgan fingerprint density at radius 1 is 0.727 bits per heavy atom. The van der Waals surface area contributed by atoms with Crippen molar-refractivity contribution in [2.24, 2.45) is 23.1 Å². The monoisotopic (exact) mass is 474 g/mol. The van der Waals surface area contributed by atoms with Crippen LogP contribution in [-0.4, -0.2) is 75.9 Å². The number of carboxylic acids is 2. The molecular weight excluding hydrogens is 444 g/mol. The van der Waals surface area contributed by atoms with Gasteiger partial charge >= 0.3 is 11.9 Å². The Kier molecular flexibility index (Phi) is 12.1. The lowest BCUT2D eigenvalue weighted by Crippen LogP contribution is -2.58. The number of carbonyl (C=O) groups excluding carboxylic acids is 5. The Labute approximate surface area is 188 Å². The summed E-state index contributed by atoms with van der Waals surface area (Å²) in [6, 6.07) is -6.21. The van der Waals surface area contributed by atoms with E-state index in [1.807, 2.05) is 10.6 Å². The molecule has 0 saturated carbocycles. The highest BCUT2D eigenvalue weighted by atomic mass is 16.4. The van der Waals surface area contributed by atoms with Gasteiger partial charge in [-0.05, 0) is 5.92 Å². The molecule has 0 aliphatic carbocycles. The summed E-state index contributed by atoms with van der Waals surface area (Å²) in [6.45, 7) is 3.47. The highest BCUT2D eigenvalue weighted by molar-refractivity contribution is 5.97. The summed E-state index contributed by atoms with van der Waals surface area (Å²) in [4.78, 5) is 82.0. The van der Waals surface area contributed by atoms with Gasteiger partial charge in [-0.15, -0.1) is 0 Å². The molecule has 0 fully saturated rings. The molecule has 15 nitrogen and oxygen atoms in total. The maximum absolute atomic E-state index is 12.6. The second kappa shape index (κ2) is 13.6. The van der Waals surface area contributed by atoms with Crippen LogP contribution in [0.5, 0.6) is 0 Å². The lowest BCUT2D eigenvalue weighted by atomic mass is 9.99. The second-order valence-electron chi connectivity index (χ2n) is 7.37. The Balaban J connectivity index is 5.60. The fourth-order valence-electron chi connectivity index (χ4n) is 2.52. The standard InChI is InChI=1S/C18H30N6O9/c1-3-7(2)14(21)17(31)23-8(4-11(19)25)15(29)22-9(6-13(27)28)16(30)24-10(18(32)33)5-12(20)26/h7-10,14H,3-6,21H2,1-2H3,(H2,19,25)(H2,20,26)(H,22,29)(H,23,31)(H,24,30)(H,27,28)(H,32,33). The van der Waals surface area contributed by atoms with Crippen LogP contribution < -0.4 is 33.2 Å². The minimum absolute atomic E-state index is 0.272. The number of hydrogen-bond donors (Lipinski definition) is 8. The number of carboxylic acid groups (broad SMARTS) is 2. The smallest absolute Gasteiger partial charge is 0.326 e. The van der Waals surface area contributed by atoms with Crippen LogP contribution in [0.15, 0.2) is 0 Å². The van der Waals surface area contributed by atoms with Crippen LogP contribution in [0.2, 0.25) is 0 Å². The summed E-state index contributed by atoms with van der Waals surface area (Å²) >= 11 is 0. The van der Waals surface area contributed by atoms with Crippen molar-refractivity contribution in [2.75, 3.05) is 0 Å². The van der Waals surface area contributed by atoms with Crippen molar-refractivity contribution in [3.8, 4) is 0 Å². The molecule has 0 spiro atoms. The van der Waals surface area contributed by atoms with E-state index in [0.29, 0.717) is 6.42 Å². The summed E-state index contributed by atoms with van der Waals surface area (Å²) in [5.41, 5.74) is 15.8. The molecule has 0 aromatic rings. The summed E-state index contributed by atoms with van der Waals surface area (Å²) in [5, 5.41) is 24.3. The molecule has 0 aromatic heterocycles. The zero-order valence-corrected chi connectivity index (χ0v) is 18.2. The molecule has 5 atom stereocenters. The molecule has 0 heterocycles. The van der Waals surface area contributed by atoms with E-state index in [0.717, 1.165) is 0 Å². The molecule has 0 rings (SSSR count). The van der Waals surface area contributed by atoms with Crippen LogP contribution in [0.25, 0.3) is 0 Å². The second-order valence-corrected chi connectivity index (χ2v) is 7.37. The molecule has 0 aromatic carbocycles. The third-order valence-electron chi connectivity index (χ3n) is 4.63. The van der Waals surface area contributed by atoms with Crippen LogP contribution >= 0.6 is 0 Å². The van der Waals surface area contributed by atoms with Gasteiger partial charge in [0.15, 0.2) is 0 Å². The van der Waals surface area contributed by atoms with E-state index in [2.05, 4.69) is 5.32 Å². The number of rotatable bonds is 15. The molecule has 33 heavy (non-hydrogen) atoms. The average Bonchev–Trinajstić information content (AvgIpc) is 2.69. The first-order chi connectivity index (χ1) is 15.2. The van der Waals surface area contributed by atoms with Crippen molar-refractivity contribution in [1.82, 2.24) is 16.0 Å². The zero-order chi connectivity index (χ0) is 25.9. The van der Waals surface area contributed by atoms with E-state index in [1.54, 1.807) is 13.8 Å². The number of nitrogens with two attached hydrogens (primary N) is 3. The maximum atomic E-state index is 12.6. The van der Waals surface area contributed by atoms with Gasteiger partial charge in [-0.25, -0.2) is 4.79 Å². The van der Waals surface area contributed by atoms with Crippen molar-refractivity contribution in [3.05, 3.63) is 0 Å². The van der Waals surface area contributed by atoms with Crippen molar-refractivity contribution in [3.63, 3.8) is 0 Å². The highest BCUT2D eigenvalue weighted by Gasteiger charge is 2.33. The zero-order valence-electron chi connectivity index (χ0n) is 18.2. The predicted molar refractivity (Wildman–Crippen MR) is 111 cm³/mol. The fraction of sp³-hybridized carbons (Fsp3) is 0.611. The van der Waals surface area contributed by atoms with Gasteiger partial charge in [-0.2, -0.15) is 0 Å². The quantitative estimate of drug-likeness (QED) is 0.114. The molecule has 11 N–H and O–H groups in total. The van der Waals surface area contributed by atoms with Gasteiger partial charge in [0.05, 0.1) is 25.3 Å². The molecule has 0 bridgehead atoms. The van der Waals surface area contributed by atoms with Gasteiger partial charge in [0.25, 0.3) is 0 Å². The lowest BCUT2D eigenvalue weighted by Gasteiger charge is -2.25. The lowest BCUT2D eigenvalue weighted by molar-refractivity contribution is -0.145. The van der Waals surface area contributed by atoms with Crippen LogP contribution in [0.1, 0.15) is 39.5 Å². The first-order valence-electron chi connectivity index (χ1n) is 9.87. The first kappa shape index (κ1) is 29.2. The predicted octanol–water partition coefficient (Wildman–Crippen LogP) is -3.88. The van der Waals surface area contributed by atoms with Crippen LogP contribution in [-0.2, 0) is 33.6 Å². The summed E-state index contributed by atoms with van der Waals surface area (Å²) in [7, 11) is 0. The molecule has 0 aliphatic rings. The topological polar surface area (TPSA) is 274 Å². The summed E-state index contributed by atoms with van der Waals surface area (Å²) in [6.07, 6.45) is -1.92. The van der Waals surface area contributed by atoms with Gasteiger partial charge in [-0.1, -0.05) is 20.3 Å². The first-order valence-corrected chi connectivity index (χ1v) is 9.87. The average molecular weight is 474 g/mol. The molecule has 0 radical (unpaired) electrons. The molecule has 0 saturated heterocycles. The Morgan fingerprint density at radius 3 is 1.52 bits per heavy atom. The van der Waals surface area contributed by atoms with E-state index in [-0.39, 0.29) is 5.92 Å². The normalized spacial score (nSPS) is 15.1. The highest BCUT2D eigenvalue weighted by Crippen LogP contribution is 2.07. The number of aliphatic carboxylic acids is 2. The molecule has 0 aliphatic heterocycles. The number of nitrogens with one attached hydrogen (secondary N) is 3. The van der Waals surface area contributed by atoms with Gasteiger partial charge in [0, 0.05) is 0 Å². The molecule has 5 amide bonds. The molecule has 5 unspecified atom stereocenters. The number of primary amides is 2. The van der Waals surface area contributed by atoms with Crippen molar-refractivity contribution < 1.29 is 43.8 Å². The Morgan fingerprint density at radius 2 is 1.12 bits per heavy atom. The minimum Gasteiger partial charge on any atom is -0.481 e. The number of carbonyl (C=O) groups is 7. The Hall–Kier alpha value is -3.75. The van der Waals surface area contributed by atoms with E-state index in [9.17, 15) is 33.6 Å². The van der Waals surface area contributed by atoms with E-state index >= 15 is 0 Å². The van der Waals surface area contributed by atoms with Gasteiger partial charge in [-0.3, -0.25) is 28.8 Å². The fourth-order valence-corrected chi connectivity index (χ4v) is 2.52. The van der Waals surface area contributed by atoms with Crippen molar-refractivity contribution >= 4 is 41.5 Å². The van der Waals surface area contributed by atoms with Gasteiger partial charge < -0.3 is 43.4 Å². The van der Waals surface area contributed by atoms with E-state index < -0.39 is 84.9 Å².